The summed E-state index contributed by atoms with van der Waals surface area (Å²) < 4.78 is 2.39. The average Bonchev–Trinajstić information content (AvgIpc) is 3.64. The van der Waals surface area contributed by atoms with Gasteiger partial charge >= 0.3 is 0 Å². The summed E-state index contributed by atoms with van der Waals surface area (Å²) in [6.07, 6.45) is 0. The lowest BCUT2D eigenvalue weighted by Crippen LogP contribution is -1.96. The molecule has 278 valence electrons. The summed E-state index contributed by atoms with van der Waals surface area (Å²) in [6.45, 7) is 4.21. The molecule has 0 spiro atoms. The van der Waals surface area contributed by atoms with Gasteiger partial charge in [-0.2, -0.15) is 0 Å². The molecule has 4 nitrogen and oxygen atoms in total. The summed E-state index contributed by atoms with van der Waals surface area (Å²) in [7, 11) is 0. The second-order valence-electron chi connectivity index (χ2n) is 15.4. The Morgan fingerprint density at radius 3 is 1.59 bits per heavy atom. The summed E-state index contributed by atoms with van der Waals surface area (Å²) in [5.41, 5.74) is 16.1. The second-order valence-corrected chi connectivity index (χ2v) is 15.4. The van der Waals surface area contributed by atoms with Crippen LogP contribution in [0.25, 0.3) is 105 Å². The fourth-order valence-corrected chi connectivity index (χ4v) is 8.54. The van der Waals surface area contributed by atoms with Crippen molar-refractivity contribution in [3.8, 4) is 62.0 Å². The molecule has 59 heavy (non-hydrogen) atoms. The van der Waals surface area contributed by atoms with Gasteiger partial charge in [0.05, 0.1) is 33.6 Å². The van der Waals surface area contributed by atoms with Gasteiger partial charge in [-0.3, -0.25) is 0 Å². The van der Waals surface area contributed by atoms with Crippen LogP contribution in [0.15, 0.2) is 194 Å². The van der Waals surface area contributed by atoms with Gasteiger partial charge in [0.2, 0.25) is 0 Å². The molecule has 0 radical (unpaired) electrons. The third-order valence-electron chi connectivity index (χ3n) is 11.6. The van der Waals surface area contributed by atoms with Gasteiger partial charge in [0, 0.05) is 54.9 Å². The molecule has 11 rings (SSSR count). The maximum Gasteiger partial charge on any atom is 0.160 e. The van der Waals surface area contributed by atoms with Crippen molar-refractivity contribution in [1.82, 2.24) is 19.5 Å². The minimum atomic E-state index is 0.697. The molecule has 0 atom stereocenters. The number of nitrogens with zero attached hydrogens (tertiary/aromatic N) is 4. The first-order valence-electron chi connectivity index (χ1n) is 20.1. The minimum Gasteiger partial charge on any atom is -0.309 e. The van der Waals surface area contributed by atoms with Crippen molar-refractivity contribution in [1.29, 1.82) is 0 Å². The minimum absolute atomic E-state index is 0.697. The molecule has 0 aliphatic heterocycles. The van der Waals surface area contributed by atoms with E-state index in [9.17, 15) is 0 Å². The van der Waals surface area contributed by atoms with Gasteiger partial charge in [-0.1, -0.05) is 169 Å². The van der Waals surface area contributed by atoms with Crippen LogP contribution >= 0.6 is 0 Å². The van der Waals surface area contributed by atoms with E-state index >= 15 is 0 Å². The third kappa shape index (κ3) is 6.05. The summed E-state index contributed by atoms with van der Waals surface area (Å²) in [5.74, 6) is 0.697. The molecule has 0 bridgehead atoms. The molecule has 4 heteroatoms. The number of rotatable bonds is 6. The second kappa shape index (κ2) is 14.0. The van der Waals surface area contributed by atoms with Crippen molar-refractivity contribution < 1.29 is 0 Å². The molecule has 0 saturated carbocycles. The predicted octanol–water partition coefficient (Wildman–Crippen LogP) is 14.2. The van der Waals surface area contributed by atoms with Crippen molar-refractivity contribution in [3.05, 3.63) is 205 Å². The molecule has 0 N–H and O–H groups in total. The van der Waals surface area contributed by atoms with Crippen LogP contribution in [-0.2, 0) is 0 Å². The first kappa shape index (κ1) is 34.5. The number of para-hydroxylation sites is 2. The van der Waals surface area contributed by atoms with Crippen LogP contribution in [0.4, 0.5) is 0 Å². The Bertz CT molecular complexity index is 3290. The summed E-state index contributed by atoms with van der Waals surface area (Å²) >= 11 is 0. The zero-order valence-electron chi connectivity index (χ0n) is 32.8. The first-order valence-corrected chi connectivity index (χ1v) is 20.1. The highest BCUT2D eigenvalue weighted by Gasteiger charge is 2.20. The maximum absolute atomic E-state index is 5.44. The van der Waals surface area contributed by atoms with Crippen LogP contribution in [0.1, 0.15) is 11.1 Å². The van der Waals surface area contributed by atoms with Gasteiger partial charge in [0.25, 0.3) is 0 Å². The van der Waals surface area contributed by atoms with E-state index in [4.69, 9.17) is 15.0 Å². The van der Waals surface area contributed by atoms with Gasteiger partial charge in [-0.15, -0.1) is 0 Å². The SMILES string of the molecule is Cc1ccc(-c2cc(-c3ccc(C)cc3)nc(-c3ccc(-c4ccc5c(c4)nc(-c4ccccc4)c4ccc6c(c7ccccc7n6-c6ccccc6)c45)cc3)n2)cc1. The molecular formula is C55H38N4. The van der Waals surface area contributed by atoms with Crippen molar-refractivity contribution in [3.63, 3.8) is 0 Å². The number of benzene rings is 8. The van der Waals surface area contributed by atoms with E-state index in [1.54, 1.807) is 0 Å². The first-order chi connectivity index (χ1) is 29.1. The molecule has 0 aliphatic carbocycles. The predicted molar refractivity (Wildman–Crippen MR) is 246 cm³/mol. The Labute approximate surface area is 342 Å². The van der Waals surface area contributed by atoms with Gasteiger partial charge < -0.3 is 4.57 Å². The van der Waals surface area contributed by atoms with E-state index in [1.807, 2.05) is 0 Å². The molecule has 8 aromatic carbocycles. The van der Waals surface area contributed by atoms with Crippen LogP contribution in [-0.4, -0.2) is 19.5 Å². The quantitative estimate of drug-likeness (QED) is 0.159. The van der Waals surface area contributed by atoms with Crippen molar-refractivity contribution in [2.75, 3.05) is 0 Å². The Morgan fingerprint density at radius 1 is 0.356 bits per heavy atom. The number of fused-ring (bicyclic) bond motifs is 7. The van der Waals surface area contributed by atoms with Crippen LogP contribution in [0.2, 0.25) is 0 Å². The third-order valence-corrected chi connectivity index (χ3v) is 11.6. The summed E-state index contributed by atoms with van der Waals surface area (Å²) in [4.78, 5) is 15.6. The molecule has 0 aliphatic rings. The zero-order chi connectivity index (χ0) is 39.5. The lowest BCUT2D eigenvalue weighted by atomic mass is 9.94. The molecule has 0 amide bonds. The van der Waals surface area contributed by atoms with E-state index in [0.29, 0.717) is 5.82 Å². The summed E-state index contributed by atoms with van der Waals surface area (Å²) in [5, 5.41) is 5.95. The molecule has 11 aromatic rings. The number of hydrogen-bond donors (Lipinski definition) is 0. The molecule has 0 fully saturated rings. The monoisotopic (exact) mass is 754 g/mol. The standard InChI is InChI=1S/C55H38N4/c1-35-17-21-38(22-18-35)47-34-48(39-23-19-36(2)20-24-39)58-55(57-47)41-27-25-37(26-28-41)42-29-30-44-49(33-42)56-54(40-11-5-3-6-12-40)46-31-32-51-53(52(44)46)45-15-9-10-16-50(45)59(51)43-13-7-4-8-14-43/h3-34H,1-2H3. The Kier molecular flexibility index (Phi) is 8.23. The van der Waals surface area contributed by atoms with Crippen molar-refractivity contribution in [2.24, 2.45) is 0 Å². The molecule has 3 aromatic heterocycles. The lowest BCUT2D eigenvalue weighted by Gasteiger charge is -2.14. The number of pyridine rings is 1. The Balaban J connectivity index is 1.07. The summed E-state index contributed by atoms with van der Waals surface area (Å²) in [6, 6.07) is 69.0. The fraction of sp³-hybridized carbons (Fsp3) is 0.0364. The molecular weight excluding hydrogens is 717 g/mol. The van der Waals surface area contributed by atoms with Crippen LogP contribution < -0.4 is 0 Å². The highest BCUT2D eigenvalue weighted by molar-refractivity contribution is 6.29. The van der Waals surface area contributed by atoms with Gasteiger partial charge in [0.1, 0.15) is 0 Å². The van der Waals surface area contributed by atoms with Crippen molar-refractivity contribution >= 4 is 43.5 Å². The maximum atomic E-state index is 5.44. The number of aromatic nitrogens is 4. The van der Waals surface area contributed by atoms with E-state index in [0.717, 1.165) is 72.4 Å². The topological polar surface area (TPSA) is 43.6 Å². The van der Waals surface area contributed by atoms with Crippen LogP contribution in [0.3, 0.4) is 0 Å². The average molecular weight is 755 g/mol. The fourth-order valence-electron chi connectivity index (χ4n) is 8.54. The van der Waals surface area contributed by atoms with E-state index in [1.165, 1.54) is 38.3 Å². The smallest absolute Gasteiger partial charge is 0.160 e. The molecule has 0 unspecified atom stereocenters. The molecule has 0 saturated heterocycles. The molecule has 3 heterocycles. The van der Waals surface area contributed by atoms with E-state index < -0.39 is 0 Å². The van der Waals surface area contributed by atoms with E-state index in [-0.39, 0.29) is 0 Å². The van der Waals surface area contributed by atoms with Crippen LogP contribution in [0.5, 0.6) is 0 Å². The van der Waals surface area contributed by atoms with Gasteiger partial charge in [-0.25, -0.2) is 15.0 Å². The van der Waals surface area contributed by atoms with Crippen LogP contribution in [0, 0.1) is 13.8 Å². The number of hydrogen-bond acceptors (Lipinski definition) is 3. The Morgan fingerprint density at radius 2 is 0.915 bits per heavy atom. The van der Waals surface area contributed by atoms with Gasteiger partial charge in [-0.05, 0) is 61.4 Å². The lowest BCUT2D eigenvalue weighted by molar-refractivity contribution is 1.18. The highest BCUT2D eigenvalue weighted by Crippen LogP contribution is 2.43. The normalized spacial score (nSPS) is 11.6. The van der Waals surface area contributed by atoms with Gasteiger partial charge in [0.15, 0.2) is 5.82 Å². The number of aryl methyl sites for hydroxylation is 2. The highest BCUT2D eigenvalue weighted by atomic mass is 15.0. The zero-order valence-corrected chi connectivity index (χ0v) is 32.8. The van der Waals surface area contributed by atoms with Crippen molar-refractivity contribution in [2.45, 2.75) is 13.8 Å². The van der Waals surface area contributed by atoms with E-state index in [2.05, 4.69) is 213 Å². The largest absolute Gasteiger partial charge is 0.309 e. The Hall–Kier alpha value is -7.69.